The highest BCUT2D eigenvalue weighted by Crippen LogP contribution is 2.39. The first kappa shape index (κ1) is 13.0. The molecule has 2 aliphatic carbocycles. The summed E-state index contributed by atoms with van der Waals surface area (Å²) < 4.78 is 0. The molecule has 0 amide bonds. The van der Waals surface area contributed by atoms with Crippen molar-refractivity contribution in [2.45, 2.75) is 55.1 Å². The minimum Gasteiger partial charge on any atom is -0.481 e. The molecule has 0 bridgehead atoms. The van der Waals surface area contributed by atoms with E-state index >= 15 is 0 Å². The van der Waals surface area contributed by atoms with Gasteiger partial charge in [-0.15, -0.1) is 11.8 Å². The highest BCUT2D eigenvalue weighted by molar-refractivity contribution is 8.00. The summed E-state index contributed by atoms with van der Waals surface area (Å²) in [6.45, 7) is 0. The number of thioether (sulfide) groups is 1. The zero-order valence-electron chi connectivity index (χ0n) is 11.1. The predicted octanol–water partition coefficient (Wildman–Crippen LogP) is 3.91. The van der Waals surface area contributed by atoms with Crippen molar-refractivity contribution in [2.75, 3.05) is 0 Å². The molecule has 0 spiro atoms. The number of carboxylic acid groups (broad SMARTS) is 1. The van der Waals surface area contributed by atoms with Crippen LogP contribution >= 0.6 is 11.8 Å². The lowest BCUT2D eigenvalue weighted by molar-refractivity contribution is -0.142. The number of carbonyl (C=O) groups is 1. The summed E-state index contributed by atoms with van der Waals surface area (Å²) in [5.74, 6) is -0.773. The van der Waals surface area contributed by atoms with Gasteiger partial charge in [0.25, 0.3) is 0 Å². The van der Waals surface area contributed by atoms with Crippen molar-refractivity contribution >= 4 is 17.7 Å². The number of aryl methyl sites for hydroxylation is 2. The molecule has 0 aliphatic heterocycles. The first-order valence-corrected chi connectivity index (χ1v) is 8.13. The van der Waals surface area contributed by atoms with E-state index < -0.39 is 5.97 Å². The topological polar surface area (TPSA) is 37.3 Å². The molecule has 1 fully saturated rings. The van der Waals surface area contributed by atoms with Gasteiger partial charge < -0.3 is 5.11 Å². The quantitative estimate of drug-likeness (QED) is 0.909. The van der Waals surface area contributed by atoms with Crippen LogP contribution in [-0.2, 0) is 17.6 Å². The van der Waals surface area contributed by atoms with Gasteiger partial charge in [-0.2, -0.15) is 0 Å². The van der Waals surface area contributed by atoms with E-state index in [1.54, 1.807) is 11.8 Å². The van der Waals surface area contributed by atoms with Gasteiger partial charge in [-0.05, 0) is 55.4 Å². The van der Waals surface area contributed by atoms with Crippen LogP contribution in [0.1, 0.15) is 43.2 Å². The van der Waals surface area contributed by atoms with E-state index in [-0.39, 0.29) is 11.2 Å². The Hall–Kier alpha value is -0.960. The highest BCUT2D eigenvalue weighted by Gasteiger charge is 2.31. The van der Waals surface area contributed by atoms with Crippen LogP contribution in [0.5, 0.6) is 0 Å². The summed E-state index contributed by atoms with van der Waals surface area (Å²) in [7, 11) is 0. The second kappa shape index (κ2) is 5.58. The van der Waals surface area contributed by atoms with E-state index in [0.717, 1.165) is 19.3 Å². The summed E-state index contributed by atoms with van der Waals surface area (Å²) in [6, 6.07) is 6.71. The van der Waals surface area contributed by atoms with E-state index in [2.05, 4.69) is 18.2 Å². The standard InChI is InChI=1S/C16H20O2S/c17-16(18)14-6-1-2-7-15(14)19-13-9-8-11-4-3-5-12(11)10-13/h8-10,14-15H,1-7H2,(H,17,18). The molecule has 19 heavy (non-hydrogen) atoms. The molecule has 1 N–H and O–H groups in total. The lowest BCUT2D eigenvalue weighted by Crippen LogP contribution is -2.28. The van der Waals surface area contributed by atoms with Crippen molar-refractivity contribution in [3.63, 3.8) is 0 Å². The number of aliphatic carboxylic acids is 1. The molecule has 0 aromatic heterocycles. The fourth-order valence-electron chi connectivity index (χ4n) is 3.32. The molecule has 2 unspecified atom stereocenters. The van der Waals surface area contributed by atoms with Gasteiger partial charge in [-0.3, -0.25) is 4.79 Å². The molecule has 2 aliphatic rings. The van der Waals surface area contributed by atoms with Gasteiger partial charge in [0.1, 0.15) is 0 Å². The molecule has 0 saturated heterocycles. The molecule has 2 atom stereocenters. The molecule has 3 heteroatoms. The van der Waals surface area contributed by atoms with Gasteiger partial charge in [0.15, 0.2) is 0 Å². The predicted molar refractivity (Wildman–Crippen MR) is 77.7 cm³/mol. The maximum Gasteiger partial charge on any atom is 0.307 e. The lowest BCUT2D eigenvalue weighted by Gasteiger charge is -2.28. The van der Waals surface area contributed by atoms with Crippen molar-refractivity contribution in [1.82, 2.24) is 0 Å². The Balaban J connectivity index is 1.74. The van der Waals surface area contributed by atoms with Crippen LogP contribution < -0.4 is 0 Å². The van der Waals surface area contributed by atoms with E-state index in [9.17, 15) is 9.90 Å². The molecular weight excluding hydrogens is 256 g/mol. The van der Waals surface area contributed by atoms with Gasteiger partial charge in [0.05, 0.1) is 5.92 Å². The summed E-state index contributed by atoms with van der Waals surface area (Å²) in [4.78, 5) is 12.6. The fourth-order valence-corrected chi connectivity index (χ4v) is 4.72. The average molecular weight is 276 g/mol. The molecule has 1 aromatic rings. The van der Waals surface area contributed by atoms with Crippen LogP contribution in [0, 0.1) is 5.92 Å². The summed E-state index contributed by atoms with van der Waals surface area (Å²) >= 11 is 1.79. The maximum absolute atomic E-state index is 11.3. The number of hydrogen-bond acceptors (Lipinski definition) is 2. The summed E-state index contributed by atoms with van der Waals surface area (Å²) in [5, 5.41) is 9.58. The van der Waals surface area contributed by atoms with Gasteiger partial charge in [-0.25, -0.2) is 0 Å². The Morgan fingerprint density at radius 1 is 1.11 bits per heavy atom. The van der Waals surface area contributed by atoms with Crippen molar-refractivity contribution in [3.8, 4) is 0 Å². The molecule has 3 rings (SSSR count). The maximum atomic E-state index is 11.3. The summed E-state index contributed by atoms with van der Waals surface area (Å²) in [5.41, 5.74) is 2.97. The molecule has 0 heterocycles. The Bertz CT molecular complexity index is 484. The normalized spacial score (nSPS) is 26.1. The molecular formula is C16H20O2S. The zero-order chi connectivity index (χ0) is 13.2. The third-order valence-electron chi connectivity index (χ3n) is 4.38. The van der Waals surface area contributed by atoms with Gasteiger partial charge >= 0.3 is 5.97 Å². The molecule has 1 saturated carbocycles. The van der Waals surface area contributed by atoms with Crippen LogP contribution in [0.4, 0.5) is 0 Å². The van der Waals surface area contributed by atoms with Crippen LogP contribution in [0.2, 0.25) is 0 Å². The summed E-state index contributed by atoms with van der Waals surface area (Å²) in [6.07, 6.45) is 7.80. The average Bonchev–Trinajstić information content (AvgIpc) is 2.86. The lowest BCUT2D eigenvalue weighted by atomic mass is 9.89. The number of fused-ring (bicyclic) bond motifs is 1. The van der Waals surface area contributed by atoms with Crippen molar-refractivity contribution in [1.29, 1.82) is 0 Å². The molecule has 2 nitrogen and oxygen atoms in total. The van der Waals surface area contributed by atoms with Gasteiger partial charge in [0.2, 0.25) is 0 Å². The Labute approximate surface area is 118 Å². The van der Waals surface area contributed by atoms with E-state index in [1.165, 1.54) is 41.7 Å². The molecule has 1 aromatic carbocycles. The minimum absolute atomic E-state index is 0.160. The fraction of sp³-hybridized carbons (Fsp3) is 0.562. The first-order valence-electron chi connectivity index (χ1n) is 7.25. The largest absolute Gasteiger partial charge is 0.481 e. The van der Waals surface area contributed by atoms with E-state index in [4.69, 9.17) is 0 Å². The minimum atomic E-state index is -0.613. The number of rotatable bonds is 3. The smallest absolute Gasteiger partial charge is 0.307 e. The van der Waals surface area contributed by atoms with Gasteiger partial charge in [-0.1, -0.05) is 18.9 Å². The number of hydrogen-bond donors (Lipinski definition) is 1. The van der Waals surface area contributed by atoms with Crippen LogP contribution in [0.15, 0.2) is 23.1 Å². The monoisotopic (exact) mass is 276 g/mol. The van der Waals surface area contributed by atoms with Crippen LogP contribution in [-0.4, -0.2) is 16.3 Å². The highest BCUT2D eigenvalue weighted by atomic mass is 32.2. The second-order valence-corrected chi connectivity index (χ2v) is 6.98. The van der Waals surface area contributed by atoms with Crippen LogP contribution in [0.3, 0.4) is 0 Å². The van der Waals surface area contributed by atoms with Crippen molar-refractivity contribution < 1.29 is 9.90 Å². The molecule has 102 valence electrons. The number of carboxylic acids is 1. The van der Waals surface area contributed by atoms with Crippen LogP contribution in [0.25, 0.3) is 0 Å². The van der Waals surface area contributed by atoms with E-state index in [0.29, 0.717) is 0 Å². The SMILES string of the molecule is O=C(O)C1CCCCC1Sc1ccc2c(c1)CCC2. The Kier molecular flexibility index (Phi) is 3.83. The first-order chi connectivity index (χ1) is 9.24. The third kappa shape index (κ3) is 2.81. The van der Waals surface area contributed by atoms with E-state index in [1.807, 2.05) is 0 Å². The Morgan fingerprint density at radius 3 is 2.74 bits per heavy atom. The van der Waals surface area contributed by atoms with Crippen molar-refractivity contribution in [3.05, 3.63) is 29.3 Å². The van der Waals surface area contributed by atoms with Gasteiger partial charge in [0, 0.05) is 10.1 Å². The number of benzene rings is 1. The second-order valence-electron chi connectivity index (χ2n) is 5.67. The third-order valence-corrected chi connectivity index (χ3v) is 5.77. The molecule has 0 radical (unpaired) electrons. The zero-order valence-corrected chi connectivity index (χ0v) is 11.9. The Morgan fingerprint density at radius 2 is 1.89 bits per heavy atom. The van der Waals surface area contributed by atoms with Crippen molar-refractivity contribution in [2.24, 2.45) is 5.92 Å².